The molecule has 2 aromatic rings. The van der Waals surface area contributed by atoms with Gasteiger partial charge >= 0.3 is 5.97 Å². The average molecular weight is 503 g/mol. The molecular formula is C24H34N6O6. The van der Waals surface area contributed by atoms with Crippen LogP contribution in [-0.4, -0.2) is 63.9 Å². The lowest BCUT2D eigenvalue weighted by molar-refractivity contribution is -0.141. The summed E-state index contributed by atoms with van der Waals surface area (Å²) in [7, 11) is 0. The highest BCUT2D eigenvalue weighted by Gasteiger charge is 2.30. The molecule has 2 rings (SSSR count). The molecule has 0 bridgehead atoms. The van der Waals surface area contributed by atoms with E-state index in [4.69, 9.17) is 16.6 Å². The van der Waals surface area contributed by atoms with Crippen LogP contribution in [-0.2, 0) is 30.4 Å². The second-order valence-corrected chi connectivity index (χ2v) is 9.16. The normalized spacial score (nSPS) is 14.5. The molecule has 0 fully saturated rings. The first-order chi connectivity index (χ1) is 16.9. The molecule has 0 saturated carbocycles. The number of nitrogens with two attached hydrogens (primary N) is 2. The van der Waals surface area contributed by atoms with E-state index in [0.717, 1.165) is 16.5 Å². The molecule has 9 N–H and O–H groups in total. The summed E-state index contributed by atoms with van der Waals surface area (Å²) < 4.78 is 0. The fraction of sp³-hybridized carbons (Fsp3) is 0.458. The Labute approximate surface area is 208 Å². The number of benzene rings is 1. The van der Waals surface area contributed by atoms with E-state index in [1.807, 2.05) is 38.1 Å². The lowest BCUT2D eigenvalue weighted by Crippen LogP contribution is -2.57. The van der Waals surface area contributed by atoms with Crippen LogP contribution >= 0.6 is 0 Å². The molecule has 1 aromatic heterocycles. The van der Waals surface area contributed by atoms with Crippen LogP contribution in [0.4, 0.5) is 0 Å². The summed E-state index contributed by atoms with van der Waals surface area (Å²) in [6.07, 6.45) is 1.61. The molecule has 0 spiro atoms. The number of carbonyl (C=O) groups excluding carboxylic acids is 4. The van der Waals surface area contributed by atoms with Crippen molar-refractivity contribution in [2.24, 2.45) is 17.4 Å². The summed E-state index contributed by atoms with van der Waals surface area (Å²) >= 11 is 0. The van der Waals surface area contributed by atoms with Gasteiger partial charge in [-0.15, -0.1) is 0 Å². The Hall–Kier alpha value is -3.93. The highest BCUT2D eigenvalue weighted by molar-refractivity contribution is 5.95. The zero-order valence-corrected chi connectivity index (χ0v) is 20.5. The molecule has 36 heavy (non-hydrogen) atoms. The van der Waals surface area contributed by atoms with Crippen LogP contribution in [0.25, 0.3) is 10.9 Å². The van der Waals surface area contributed by atoms with E-state index in [1.165, 1.54) is 6.92 Å². The van der Waals surface area contributed by atoms with Crippen molar-refractivity contribution in [3.63, 3.8) is 0 Å². The Bertz CT molecular complexity index is 1110. The van der Waals surface area contributed by atoms with E-state index < -0.39 is 60.2 Å². The quantitative estimate of drug-likeness (QED) is 0.191. The number of H-pyrrole nitrogens is 1. The van der Waals surface area contributed by atoms with Gasteiger partial charge in [0.05, 0.1) is 12.5 Å². The Balaban J connectivity index is 2.29. The monoisotopic (exact) mass is 502 g/mol. The highest BCUT2D eigenvalue weighted by atomic mass is 16.4. The fourth-order valence-electron chi connectivity index (χ4n) is 3.67. The Morgan fingerprint density at radius 2 is 1.56 bits per heavy atom. The lowest BCUT2D eigenvalue weighted by Gasteiger charge is -2.25. The van der Waals surface area contributed by atoms with E-state index in [0.29, 0.717) is 0 Å². The number of para-hydroxylation sites is 1. The first kappa shape index (κ1) is 28.3. The van der Waals surface area contributed by atoms with Crippen LogP contribution in [0.1, 0.15) is 39.2 Å². The third-order valence-corrected chi connectivity index (χ3v) is 5.56. The minimum Gasteiger partial charge on any atom is -0.480 e. The number of aromatic nitrogens is 1. The van der Waals surface area contributed by atoms with Gasteiger partial charge in [0.25, 0.3) is 0 Å². The van der Waals surface area contributed by atoms with Gasteiger partial charge in [0.2, 0.25) is 23.6 Å². The van der Waals surface area contributed by atoms with Crippen LogP contribution in [0.15, 0.2) is 30.5 Å². The molecule has 12 nitrogen and oxygen atoms in total. The van der Waals surface area contributed by atoms with Crippen LogP contribution in [0.5, 0.6) is 0 Å². The van der Waals surface area contributed by atoms with E-state index in [9.17, 15) is 24.0 Å². The van der Waals surface area contributed by atoms with Crippen molar-refractivity contribution in [1.29, 1.82) is 0 Å². The molecule has 4 atom stereocenters. The minimum atomic E-state index is -1.26. The number of carboxylic acid groups (broad SMARTS) is 1. The third kappa shape index (κ3) is 8.08. The van der Waals surface area contributed by atoms with Crippen molar-refractivity contribution in [3.8, 4) is 0 Å². The predicted octanol–water partition coefficient (Wildman–Crippen LogP) is -0.482. The first-order valence-electron chi connectivity index (χ1n) is 11.6. The molecule has 0 saturated heterocycles. The molecule has 196 valence electrons. The summed E-state index contributed by atoms with van der Waals surface area (Å²) in [5.41, 5.74) is 12.5. The highest BCUT2D eigenvalue weighted by Crippen LogP contribution is 2.19. The second-order valence-electron chi connectivity index (χ2n) is 9.16. The number of nitrogens with one attached hydrogen (secondary N) is 4. The summed E-state index contributed by atoms with van der Waals surface area (Å²) in [4.78, 5) is 64.2. The first-order valence-corrected chi connectivity index (χ1v) is 11.6. The summed E-state index contributed by atoms with van der Waals surface area (Å²) in [5.74, 6) is -4.06. The minimum absolute atomic E-state index is 0.00756. The van der Waals surface area contributed by atoms with Gasteiger partial charge in [0.1, 0.15) is 18.1 Å². The Morgan fingerprint density at radius 1 is 0.944 bits per heavy atom. The number of aromatic amines is 1. The van der Waals surface area contributed by atoms with E-state index >= 15 is 0 Å². The maximum absolute atomic E-state index is 13.3. The van der Waals surface area contributed by atoms with Crippen molar-refractivity contribution in [1.82, 2.24) is 20.9 Å². The summed E-state index contributed by atoms with van der Waals surface area (Å²) in [6, 6.07) is 2.81. The Kier molecular flexibility index (Phi) is 9.97. The maximum Gasteiger partial charge on any atom is 0.325 e. The van der Waals surface area contributed by atoms with Crippen LogP contribution in [0, 0.1) is 5.92 Å². The van der Waals surface area contributed by atoms with Gasteiger partial charge in [0, 0.05) is 23.5 Å². The van der Waals surface area contributed by atoms with E-state index in [1.54, 1.807) is 6.20 Å². The molecule has 4 unspecified atom stereocenters. The largest absolute Gasteiger partial charge is 0.480 e. The Morgan fingerprint density at radius 3 is 2.17 bits per heavy atom. The van der Waals surface area contributed by atoms with Crippen molar-refractivity contribution < 1.29 is 29.1 Å². The van der Waals surface area contributed by atoms with Gasteiger partial charge in [-0.25, -0.2) is 0 Å². The van der Waals surface area contributed by atoms with Crippen molar-refractivity contribution in [2.45, 2.75) is 64.2 Å². The SMILES string of the molecule is CC(C)CC(NC(=O)C(Cc1c[nH]c2ccccc12)NC(=O)C(N)CC(N)=O)C(=O)NC(C)C(=O)O. The number of fused-ring (bicyclic) bond motifs is 1. The van der Waals surface area contributed by atoms with Crippen molar-refractivity contribution in [3.05, 3.63) is 36.0 Å². The lowest BCUT2D eigenvalue weighted by atomic mass is 10.00. The molecule has 0 aliphatic heterocycles. The van der Waals surface area contributed by atoms with Gasteiger partial charge in [0.15, 0.2) is 0 Å². The van der Waals surface area contributed by atoms with Gasteiger partial charge in [-0.05, 0) is 30.9 Å². The standard InChI is InChI=1S/C24H34N6O6/c1-12(2)8-18(22(33)28-13(3)24(35)36)30-23(34)19(29-21(32)16(25)10-20(26)31)9-14-11-27-17-7-5-4-6-15(14)17/h4-7,11-13,16,18-19,27H,8-10,25H2,1-3H3,(H2,26,31)(H,28,33)(H,29,32)(H,30,34)(H,35,36). The van der Waals surface area contributed by atoms with Crippen molar-refractivity contribution in [2.75, 3.05) is 0 Å². The number of hydrogen-bond acceptors (Lipinski definition) is 6. The second kappa shape index (κ2) is 12.7. The van der Waals surface area contributed by atoms with Gasteiger partial charge in [-0.2, -0.15) is 0 Å². The molecule has 4 amide bonds. The van der Waals surface area contributed by atoms with E-state index in [2.05, 4.69) is 20.9 Å². The van der Waals surface area contributed by atoms with Crippen LogP contribution in [0.3, 0.4) is 0 Å². The number of rotatable bonds is 13. The maximum atomic E-state index is 13.3. The molecule has 12 heteroatoms. The van der Waals surface area contributed by atoms with Crippen LogP contribution < -0.4 is 27.4 Å². The number of carbonyl (C=O) groups is 5. The number of carboxylic acids is 1. The van der Waals surface area contributed by atoms with Crippen LogP contribution in [0.2, 0.25) is 0 Å². The smallest absolute Gasteiger partial charge is 0.325 e. The zero-order chi connectivity index (χ0) is 27.0. The third-order valence-electron chi connectivity index (χ3n) is 5.56. The molecule has 0 aliphatic carbocycles. The fourth-order valence-corrected chi connectivity index (χ4v) is 3.67. The van der Waals surface area contributed by atoms with Gasteiger partial charge in [-0.1, -0.05) is 32.0 Å². The topological polar surface area (TPSA) is 209 Å². The van der Waals surface area contributed by atoms with Gasteiger partial charge in [-0.3, -0.25) is 24.0 Å². The molecular weight excluding hydrogens is 468 g/mol. The number of aliphatic carboxylic acids is 1. The van der Waals surface area contributed by atoms with Gasteiger partial charge < -0.3 is 37.5 Å². The number of amides is 4. The predicted molar refractivity (Wildman–Crippen MR) is 132 cm³/mol. The summed E-state index contributed by atoms with van der Waals surface area (Å²) in [5, 5.41) is 17.5. The number of primary amides is 1. The molecule has 0 aliphatic rings. The molecule has 1 heterocycles. The molecule has 1 aromatic carbocycles. The van der Waals surface area contributed by atoms with E-state index in [-0.39, 0.29) is 18.8 Å². The van der Waals surface area contributed by atoms with Crippen molar-refractivity contribution >= 4 is 40.5 Å². The molecule has 0 radical (unpaired) electrons. The number of hydrogen-bond donors (Lipinski definition) is 7. The average Bonchev–Trinajstić information content (AvgIpc) is 3.20. The zero-order valence-electron chi connectivity index (χ0n) is 20.5. The summed E-state index contributed by atoms with van der Waals surface area (Å²) in [6.45, 7) is 5.01.